The number of unbranched alkanes of at least 4 members (excludes halogenated alkanes) is 2. The van der Waals surface area contributed by atoms with Gasteiger partial charge in [-0.1, -0.05) is 25.2 Å². The molecular formula is C12H16O2. The Morgan fingerprint density at radius 2 is 1.79 bits per heavy atom. The molecule has 0 saturated carbocycles. The summed E-state index contributed by atoms with van der Waals surface area (Å²) in [5, 5.41) is 8.32. The van der Waals surface area contributed by atoms with Gasteiger partial charge in [-0.3, -0.25) is 4.79 Å². The summed E-state index contributed by atoms with van der Waals surface area (Å²) in [6, 6.07) is 0. The highest BCUT2D eigenvalue weighted by atomic mass is 16.4. The van der Waals surface area contributed by atoms with Crippen molar-refractivity contribution in [3.63, 3.8) is 0 Å². The van der Waals surface area contributed by atoms with Crippen LogP contribution >= 0.6 is 0 Å². The van der Waals surface area contributed by atoms with Gasteiger partial charge in [0, 0.05) is 12.8 Å². The first-order valence-corrected chi connectivity index (χ1v) is 4.90. The van der Waals surface area contributed by atoms with Crippen molar-refractivity contribution in [2.75, 3.05) is 0 Å². The van der Waals surface area contributed by atoms with Gasteiger partial charge < -0.3 is 5.11 Å². The van der Waals surface area contributed by atoms with E-state index in [9.17, 15) is 4.79 Å². The largest absolute Gasteiger partial charge is 0.481 e. The molecular weight excluding hydrogens is 176 g/mol. The third kappa shape index (κ3) is 10.6. The molecule has 0 radical (unpaired) electrons. The molecule has 1 N–H and O–H groups in total. The second-order valence-corrected chi connectivity index (χ2v) is 2.88. The molecule has 0 aliphatic rings. The molecule has 0 aliphatic carbocycles. The topological polar surface area (TPSA) is 37.3 Å². The Labute approximate surface area is 85.7 Å². The van der Waals surface area contributed by atoms with Crippen molar-refractivity contribution >= 4 is 5.97 Å². The quantitative estimate of drug-likeness (QED) is 0.548. The van der Waals surface area contributed by atoms with E-state index in [0.29, 0.717) is 12.8 Å². The molecule has 0 heterocycles. The van der Waals surface area contributed by atoms with Crippen LogP contribution in [0.15, 0.2) is 0 Å². The molecule has 0 rings (SSSR count). The van der Waals surface area contributed by atoms with Gasteiger partial charge in [0.15, 0.2) is 0 Å². The van der Waals surface area contributed by atoms with Crippen LogP contribution in [0, 0.1) is 23.7 Å². The van der Waals surface area contributed by atoms with Crippen LogP contribution in [0.2, 0.25) is 0 Å². The minimum Gasteiger partial charge on any atom is -0.481 e. The standard InChI is InChI=1S/C12H16O2/c1-2-3-4-5-6-7-8-9-10-11-12(13)14/h2-4,7,10-11H2,1H3,(H,13,14). The van der Waals surface area contributed by atoms with E-state index in [1.807, 2.05) is 0 Å². The number of carboxylic acids is 1. The van der Waals surface area contributed by atoms with Gasteiger partial charge in [-0.05, 0) is 6.42 Å². The van der Waals surface area contributed by atoms with E-state index in [1.165, 1.54) is 6.42 Å². The normalized spacial score (nSPS) is 8.07. The first kappa shape index (κ1) is 12.6. The Hall–Kier alpha value is -1.41. The van der Waals surface area contributed by atoms with Crippen LogP contribution in [-0.4, -0.2) is 11.1 Å². The molecule has 14 heavy (non-hydrogen) atoms. The summed E-state index contributed by atoms with van der Waals surface area (Å²) in [5.41, 5.74) is 0. The van der Waals surface area contributed by atoms with E-state index in [4.69, 9.17) is 5.11 Å². The number of carboxylic acid groups (broad SMARTS) is 1. The van der Waals surface area contributed by atoms with Crippen molar-refractivity contribution < 1.29 is 9.90 Å². The minimum atomic E-state index is -0.798. The molecule has 0 saturated heterocycles. The number of hydrogen-bond acceptors (Lipinski definition) is 1. The van der Waals surface area contributed by atoms with Crippen LogP contribution in [0.4, 0.5) is 0 Å². The average Bonchev–Trinajstić information content (AvgIpc) is 2.15. The summed E-state index contributed by atoms with van der Waals surface area (Å²) in [5.74, 6) is 10.8. The van der Waals surface area contributed by atoms with Gasteiger partial charge in [0.2, 0.25) is 0 Å². The molecule has 2 nitrogen and oxygen atoms in total. The van der Waals surface area contributed by atoms with E-state index in [-0.39, 0.29) is 6.42 Å². The Bertz CT molecular complexity index is 270. The monoisotopic (exact) mass is 192 g/mol. The zero-order chi connectivity index (χ0) is 10.6. The molecule has 2 heteroatoms. The third-order valence-electron chi connectivity index (χ3n) is 1.55. The van der Waals surface area contributed by atoms with Crippen molar-refractivity contribution in [2.45, 2.75) is 45.4 Å². The summed E-state index contributed by atoms with van der Waals surface area (Å²) < 4.78 is 0. The molecule has 0 bridgehead atoms. The molecule has 0 aromatic rings. The van der Waals surface area contributed by atoms with Crippen LogP contribution in [0.5, 0.6) is 0 Å². The SMILES string of the molecule is CCCCC#CCC#CCCC(=O)O. The van der Waals surface area contributed by atoms with Crippen molar-refractivity contribution in [1.82, 2.24) is 0 Å². The summed E-state index contributed by atoms with van der Waals surface area (Å²) in [6.07, 6.45) is 4.34. The molecule has 76 valence electrons. The molecule has 0 aromatic carbocycles. The number of carbonyl (C=O) groups is 1. The fourth-order valence-electron chi connectivity index (χ4n) is 0.781. The Morgan fingerprint density at radius 1 is 1.14 bits per heavy atom. The van der Waals surface area contributed by atoms with Crippen molar-refractivity contribution in [3.05, 3.63) is 0 Å². The maximum absolute atomic E-state index is 10.1. The van der Waals surface area contributed by atoms with Crippen LogP contribution in [-0.2, 0) is 4.79 Å². The van der Waals surface area contributed by atoms with Crippen LogP contribution in [0.1, 0.15) is 45.4 Å². The van der Waals surface area contributed by atoms with Crippen LogP contribution < -0.4 is 0 Å². The van der Waals surface area contributed by atoms with Gasteiger partial charge >= 0.3 is 5.97 Å². The summed E-state index contributed by atoms with van der Waals surface area (Å²) in [7, 11) is 0. The van der Waals surface area contributed by atoms with Gasteiger partial charge in [0.25, 0.3) is 0 Å². The molecule has 0 spiro atoms. The summed E-state index contributed by atoms with van der Waals surface area (Å²) in [4.78, 5) is 10.1. The van der Waals surface area contributed by atoms with E-state index in [1.54, 1.807) is 0 Å². The van der Waals surface area contributed by atoms with Gasteiger partial charge in [0.05, 0.1) is 12.8 Å². The second-order valence-electron chi connectivity index (χ2n) is 2.88. The average molecular weight is 192 g/mol. The Balaban J connectivity index is 3.40. The van der Waals surface area contributed by atoms with Gasteiger partial charge in [-0.25, -0.2) is 0 Å². The predicted octanol–water partition coefficient (Wildman–Crippen LogP) is 2.44. The van der Waals surface area contributed by atoms with Crippen LogP contribution in [0.3, 0.4) is 0 Å². The van der Waals surface area contributed by atoms with E-state index >= 15 is 0 Å². The zero-order valence-corrected chi connectivity index (χ0v) is 8.60. The van der Waals surface area contributed by atoms with Crippen LogP contribution in [0.25, 0.3) is 0 Å². The maximum Gasteiger partial charge on any atom is 0.304 e. The highest BCUT2D eigenvalue weighted by molar-refractivity contribution is 5.66. The lowest BCUT2D eigenvalue weighted by Crippen LogP contribution is -1.91. The zero-order valence-electron chi connectivity index (χ0n) is 8.60. The maximum atomic E-state index is 10.1. The van der Waals surface area contributed by atoms with Crippen molar-refractivity contribution in [2.24, 2.45) is 0 Å². The fourth-order valence-corrected chi connectivity index (χ4v) is 0.781. The fraction of sp³-hybridized carbons (Fsp3) is 0.583. The summed E-state index contributed by atoms with van der Waals surface area (Å²) >= 11 is 0. The van der Waals surface area contributed by atoms with E-state index < -0.39 is 5.97 Å². The lowest BCUT2D eigenvalue weighted by Gasteiger charge is -1.83. The molecule has 0 aliphatic heterocycles. The lowest BCUT2D eigenvalue weighted by atomic mass is 10.2. The summed E-state index contributed by atoms with van der Waals surface area (Å²) in [6.45, 7) is 2.13. The molecule has 0 fully saturated rings. The number of hydrogen-bond donors (Lipinski definition) is 1. The predicted molar refractivity (Wildman–Crippen MR) is 56.6 cm³/mol. The van der Waals surface area contributed by atoms with Gasteiger partial charge in [-0.15, -0.1) is 11.8 Å². The highest BCUT2D eigenvalue weighted by Gasteiger charge is 1.90. The Kier molecular flexibility index (Phi) is 8.70. The van der Waals surface area contributed by atoms with E-state index in [0.717, 1.165) is 12.8 Å². The third-order valence-corrected chi connectivity index (χ3v) is 1.55. The van der Waals surface area contributed by atoms with Crippen molar-refractivity contribution in [3.8, 4) is 23.7 Å². The first-order valence-electron chi connectivity index (χ1n) is 4.90. The molecule has 0 unspecified atom stereocenters. The van der Waals surface area contributed by atoms with Gasteiger partial charge in [0.1, 0.15) is 0 Å². The number of aliphatic carboxylic acids is 1. The van der Waals surface area contributed by atoms with Crippen molar-refractivity contribution in [1.29, 1.82) is 0 Å². The van der Waals surface area contributed by atoms with Gasteiger partial charge in [-0.2, -0.15) is 0 Å². The molecule has 0 amide bonds. The molecule has 0 aromatic heterocycles. The smallest absolute Gasteiger partial charge is 0.304 e. The number of rotatable bonds is 4. The second kappa shape index (κ2) is 9.68. The Morgan fingerprint density at radius 3 is 2.36 bits per heavy atom. The minimum absolute atomic E-state index is 0.121. The highest BCUT2D eigenvalue weighted by Crippen LogP contribution is 1.90. The lowest BCUT2D eigenvalue weighted by molar-refractivity contribution is -0.136. The van der Waals surface area contributed by atoms with E-state index in [2.05, 4.69) is 30.6 Å². The molecule has 0 atom stereocenters. The first-order chi connectivity index (χ1) is 6.77.